The summed E-state index contributed by atoms with van der Waals surface area (Å²) in [6, 6.07) is 18.6. The summed E-state index contributed by atoms with van der Waals surface area (Å²) in [6.07, 6.45) is 4.78. The van der Waals surface area contributed by atoms with Crippen LogP contribution in [0.4, 0.5) is 0 Å². The Balaban J connectivity index is 1.70. The summed E-state index contributed by atoms with van der Waals surface area (Å²) < 4.78 is 11.2. The summed E-state index contributed by atoms with van der Waals surface area (Å²) in [6.45, 7) is 2.87. The summed E-state index contributed by atoms with van der Waals surface area (Å²) in [5, 5.41) is 11.2. The highest BCUT2D eigenvalue weighted by Gasteiger charge is 2.46. The van der Waals surface area contributed by atoms with Gasteiger partial charge in [-0.1, -0.05) is 44.0 Å². The molecule has 2 aromatic carbocycles. The number of carbonyl (C=O) groups is 2. The minimum Gasteiger partial charge on any atom is -0.507 e. The van der Waals surface area contributed by atoms with Crippen LogP contribution < -0.4 is 9.47 Å². The van der Waals surface area contributed by atoms with Gasteiger partial charge in [-0.3, -0.25) is 14.6 Å². The average Bonchev–Trinajstić information content (AvgIpc) is 3.17. The lowest BCUT2D eigenvalue weighted by Gasteiger charge is -2.25. The van der Waals surface area contributed by atoms with Crippen molar-refractivity contribution in [3.8, 4) is 11.5 Å². The minimum absolute atomic E-state index is 0.00483. The number of ketones is 1. The Kier molecular flexibility index (Phi) is 8.00. The predicted octanol–water partition coefficient (Wildman–Crippen LogP) is 5.28. The van der Waals surface area contributed by atoms with Crippen LogP contribution in [0.2, 0.25) is 0 Å². The first kappa shape index (κ1) is 25.0. The number of likely N-dealkylation sites (tertiary alicyclic amines) is 1. The molecule has 0 radical (unpaired) electrons. The number of amides is 1. The number of aliphatic hydroxyl groups excluding tert-OH is 1. The third-order valence-corrected chi connectivity index (χ3v) is 6.19. The molecule has 4 rings (SSSR count). The number of aromatic nitrogens is 1. The van der Waals surface area contributed by atoms with Gasteiger partial charge < -0.3 is 19.5 Å². The molecule has 0 saturated carbocycles. The maximum atomic E-state index is 13.2. The molecule has 1 aromatic heterocycles. The summed E-state index contributed by atoms with van der Waals surface area (Å²) >= 11 is 0. The number of nitrogens with zero attached hydrogens (tertiary/aromatic N) is 2. The van der Waals surface area contributed by atoms with Gasteiger partial charge in [0, 0.05) is 17.3 Å². The zero-order valence-electron chi connectivity index (χ0n) is 20.5. The molecule has 1 saturated heterocycles. The number of unbranched alkanes of at least 4 members (excludes halogenated alkanes) is 2. The van der Waals surface area contributed by atoms with Gasteiger partial charge in [-0.2, -0.15) is 0 Å². The Bertz CT molecular complexity index is 1240. The predicted molar refractivity (Wildman–Crippen MR) is 137 cm³/mol. The average molecular weight is 487 g/mol. The largest absolute Gasteiger partial charge is 0.507 e. The number of methoxy groups -OCH3 is 1. The van der Waals surface area contributed by atoms with Crippen LogP contribution in [0.5, 0.6) is 11.5 Å². The molecule has 2 heterocycles. The van der Waals surface area contributed by atoms with E-state index in [1.807, 2.05) is 18.2 Å². The second-order valence-electron chi connectivity index (χ2n) is 8.57. The molecule has 3 aromatic rings. The third-order valence-electron chi connectivity index (χ3n) is 6.19. The monoisotopic (exact) mass is 486 g/mol. The molecule has 1 atom stereocenters. The molecule has 1 aliphatic heterocycles. The third kappa shape index (κ3) is 5.25. The first-order chi connectivity index (χ1) is 17.5. The minimum atomic E-state index is -0.846. The van der Waals surface area contributed by atoms with Crippen LogP contribution in [0.15, 0.2) is 78.5 Å². The molecule has 186 valence electrons. The Morgan fingerprint density at radius 3 is 2.44 bits per heavy atom. The number of hydrogen-bond acceptors (Lipinski definition) is 6. The van der Waals surface area contributed by atoms with Gasteiger partial charge in [-0.15, -0.1) is 0 Å². The number of carbonyl (C=O) groups excluding carboxylic acids is 2. The normalized spacial score (nSPS) is 16.8. The van der Waals surface area contributed by atoms with Crippen molar-refractivity contribution >= 4 is 17.4 Å². The Hall–Kier alpha value is -4.13. The lowest BCUT2D eigenvalue weighted by Crippen LogP contribution is -2.29. The van der Waals surface area contributed by atoms with Crippen LogP contribution in [0.1, 0.15) is 49.0 Å². The number of benzene rings is 2. The molecule has 1 aliphatic rings. The standard InChI is InChI=1S/C29H30N2O5/c1-3-4-9-18-36-22-15-13-20(14-16-22)27(32)25-26(23-11-7-8-17-30-23)31(29(34)28(25)33)19-21-10-5-6-12-24(21)35-2/h5-8,10-17,26,32H,3-4,9,18-19H2,1-2H3/b27-25-. The molecule has 1 N–H and O–H groups in total. The number of pyridine rings is 1. The first-order valence-electron chi connectivity index (χ1n) is 12.1. The maximum Gasteiger partial charge on any atom is 0.296 e. The van der Waals surface area contributed by atoms with Crippen molar-refractivity contribution in [2.45, 2.75) is 38.8 Å². The van der Waals surface area contributed by atoms with E-state index in [0.29, 0.717) is 29.4 Å². The van der Waals surface area contributed by atoms with Crippen molar-refractivity contribution in [2.24, 2.45) is 0 Å². The molecule has 1 fully saturated rings. The van der Waals surface area contributed by atoms with E-state index in [0.717, 1.165) is 24.8 Å². The maximum absolute atomic E-state index is 13.2. The zero-order valence-corrected chi connectivity index (χ0v) is 20.5. The quantitative estimate of drug-likeness (QED) is 0.182. The fourth-order valence-electron chi connectivity index (χ4n) is 4.31. The molecule has 1 amide bonds. The molecule has 1 unspecified atom stereocenters. The lowest BCUT2D eigenvalue weighted by molar-refractivity contribution is -0.140. The molecule has 0 spiro atoms. The highest BCUT2D eigenvalue weighted by molar-refractivity contribution is 6.46. The fraction of sp³-hybridized carbons (Fsp3) is 0.276. The van der Waals surface area contributed by atoms with Gasteiger partial charge in [0.2, 0.25) is 0 Å². The van der Waals surface area contributed by atoms with Crippen molar-refractivity contribution in [3.63, 3.8) is 0 Å². The second-order valence-corrected chi connectivity index (χ2v) is 8.57. The van der Waals surface area contributed by atoms with Gasteiger partial charge in [-0.05, 0) is 48.9 Å². The number of aliphatic hydroxyl groups is 1. The van der Waals surface area contributed by atoms with E-state index < -0.39 is 17.7 Å². The van der Waals surface area contributed by atoms with Crippen molar-refractivity contribution in [1.82, 2.24) is 9.88 Å². The van der Waals surface area contributed by atoms with E-state index in [4.69, 9.17) is 9.47 Å². The summed E-state index contributed by atoms with van der Waals surface area (Å²) in [4.78, 5) is 32.3. The lowest BCUT2D eigenvalue weighted by atomic mass is 9.98. The van der Waals surface area contributed by atoms with Crippen LogP contribution >= 0.6 is 0 Å². The zero-order chi connectivity index (χ0) is 25.5. The molecule has 7 heteroatoms. The van der Waals surface area contributed by atoms with Crippen LogP contribution in [0.3, 0.4) is 0 Å². The van der Waals surface area contributed by atoms with Gasteiger partial charge in [0.15, 0.2) is 0 Å². The molecule has 36 heavy (non-hydrogen) atoms. The molecular formula is C29H30N2O5. The van der Waals surface area contributed by atoms with Gasteiger partial charge in [0.25, 0.3) is 11.7 Å². The van der Waals surface area contributed by atoms with Crippen molar-refractivity contribution in [3.05, 3.63) is 95.3 Å². The smallest absolute Gasteiger partial charge is 0.296 e. The molecule has 0 bridgehead atoms. The van der Waals surface area contributed by atoms with Crippen LogP contribution in [-0.4, -0.2) is 40.4 Å². The van der Waals surface area contributed by atoms with E-state index in [-0.39, 0.29) is 17.9 Å². The van der Waals surface area contributed by atoms with Crippen LogP contribution in [-0.2, 0) is 16.1 Å². The number of Topliss-reactive ketones (excluding diaryl/α,β-unsaturated/α-hetero) is 1. The number of rotatable bonds is 10. The van der Waals surface area contributed by atoms with E-state index in [2.05, 4.69) is 11.9 Å². The SMILES string of the molecule is CCCCCOc1ccc(/C(O)=C2/C(=O)C(=O)N(Cc3ccccc3OC)C2c2ccccn2)cc1. The van der Waals surface area contributed by atoms with Gasteiger partial charge in [0.1, 0.15) is 23.3 Å². The molecule has 7 nitrogen and oxygen atoms in total. The first-order valence-corrected chi connectivity index (χ1v) is 12.1. The number of hydrogen-bond donors (Lipinski definition) is 1. The van der Waals surface area contributed by atoms with E-state index >= 15 is 0 Å². The number of para-hydroxylation sites is 1. The Morgan fingerprint density at radius 1 is 1.00 bits per heavy atom. The van der Waals surface area contributed by atoms with Gasteiger partial charge >= 0.3 is 0 Å². The van der Waals surface area contributed by atoms with E-state index in [1.165, 1.54) is 4.90 Å². The fourth-order valence-corrected chi connectivity index (χ4v) is 4.31. The van der Waals surface area contributed by atoms with Crippen molar-refractivity contribution < 1.29 is 24.2 Å². The summed E-state index contributed by atoms with van der Waals surface area (Å²) in [7, 11) is 1.56. The Labute approximate surface area is 211 Å². The highest BCUT2D eigenvalue weighted by Crippen LogP contribution is 2.40. The molecule has 0 aliphatic carbocycles. The van der Waals surface area contributed by atoms with E-state index in [1.54, 1.807) is 61.8 Å². The molecular weight excluding hydrogens is 456 g/mol. The topological polar surface area (TPSA) is 89.0 Å². The van der Waals surface area contributed by atoms with Crippen molar-refractivity contribution in [1.29, 1.82) is 0 Å². The van der Waals surface area contributed by atoms with Crippen molar-refractivity contribution in [2.75, 3.05) is 13.7 Å². The van der Waals surface area contributed by atoms with Crippen LogP contribution in [0, 0.1) is 0 Å². The summed E-state index contributed by atoms with van der Waals surface area (Å²) in [5.74, 6) is -0.412. The summed E-state index contributed by atoms with van der Waals surface area (Å²) in [5.41, 5.74) is 1.66. The highest BCUT2D eigenvalue weighted by atomic mass is 16.5. The number of ether oxygens (including phenoxy) is 2. The Morgan fingerprint density at radius 2 is 1.75 bits per heavy atom. The van der Waals surface area contributed by atoms with E-state index in [9.17, 15) is 14.7 Å². The van der Waals surface area contributed by atoms with Gasteiger partial charge in [0.05, 0.1) is 31.5 Å². The van der Waals surface area contributed by atoms with Crippen LogP contribution in [0.25, 0.3) is 5.76 Å². The second kappa shape index (κ2) is 11.5. The van der Waals surface area contributed by atoms with Gasteiger partial charge in [-0.25, -0.2) is 0 Å².